The van der Waals surface area contributed by atoms with Crippen LogP contribution in [0.4, 0.5) is 0 Å². The second-order valence-electron chi connectivity index (χ2n) is 6.17. The third-order valence-corrected chi connectivity index (χ3v) is 4.14. The summed E-state index contributed by atoms with van der Waals surface area (Å²) in [6.45, 7) is 2.07. The minimum atomic E-state index is -0.702. The van der Waals surface area contributed by atoms with Crippen LogP contribution in [0.3, 0.4) is 0 Å². The van der Waals surface area contributed by atoms with Crippen LogP contribution in [-0.4, -0.2) is 18.5 Å². The smallest absolute Gasteiger partial charge is 0.343 e. The van der Waals surface area contributed by atoms with E-state index in [-0.39, 0.29) is 28.4 Å². The summed E-state index contributed by atoms with van der Waals surface area (Å²) in [4.78, 5) is 25.2. The van der Waals surface area contributed by atoms with Gasteiger partial charge in [0.1, 0.15) is 0 Å². The van der Waals surface area contributed by atoms with Gasteiger partial charge in [-0.2, -0.15) is 10.5 Å². The van der Waals surface area contributed by atoms with Gasteiger partial charge in [-0.15, -0.1) is 0 Å². The summed E-state index contributed by atoms with van der Waals surface area (Å²) in [5.74, 6) is -1.20. The molecule has 7 nitrogen and oxygen atoms in total. The van der Waals surface area contributed by atoms with E-state index in [2.05, 4.69) is 0 Å². The molecule has 0 heterocycles. The SMILES string of the molecule is CCOc1cccc(OC(=O)c2ccc(C#N)cc2)c1OC(=O)c1ccc(C#N)cc1. The van der Waals surface area contributed by atoms with Gasteiger partial charge in [-0.3, -0.25) is 0 Å². The molecule has 3 rings (SSSR count). The standard InChI is InChI=1S/C24H16N2O5/c1-2-29-20-4-3-5-21(30-23(27)18-10-6-16(14-25)7-11-18)22(20)31-24(28)19-12-8-17(15-26)9-13-19/h3-13H,2H2,1H3. The van der Waals surface area contributed by atoms with E-state index in [1.807, 2.05) is 12.1 Å². The first-order valence-corrected chi connectivity index (χ1v) is 9.26. The van der Waals surface area contributed by atoms with Crippen molar-refractivity contribution in [3.05, 3.63) is 89.0 Å². The molecule has 0 N–H and O–H groups in total. The minimum Gasteiger partial charge on any atom is -0.490 e. The number of hydrogen-bond acceptors (Lipinski definition) is 7. The maximum Gasteiger partial charge on any atom is 0.343 e. The van der Waals surface area contributed by atoms with Crippen LogP contribution in [0, 0.1) is 22.7 Å². The first kappa shape index (κ1) is 21.1. The normalized spacial score (nSPS) is 9.77. The van der Waals surface area contributed by atoms with Gasteiger partial charge in [-0.25, -0.2) is 9.59 Å². The molecule has 0 amide bonds. The van der Waals surface area contributed by atoms with Gasteiger partial charge in [0.2, 0.25) is 5.75 Å². The van der Waals surface area contributed by atoms with Crippen LogP contribution in [0.5, 0.6) is 17.2 Å². The number of benzene rings is 3. The van der Waals surface area contributed by atoms with Crippen molar-refractivity contribution in [2.24, 2.45) is 0 Å². The van der Waals surface area contributed by atoms with Gasteiger partial charge in [0.05, 0.1) is 41.0 Å². The van der Waals surface area contributed by atoms with E-state index >= 15 is 0 Å². The number of rotatable bonds is 6. The zero-order valence-electron chi connectivity index (χ0n) is 16.5. The molecular formula is C24H16N2O5. The Morgan fingerprint density at radius 3 is 1.71 bits per heavy atom. The van der Waals surface area contributed by atoms with E-state index in [9.17, 15) is 9.59 Å². The van der Waals surface area contributed by atoms with E-state index in [0.717, 1.165) is 0 Å². The second kappa shape index (κ2) is 9.73. The summed E-state index contributed by atoms with van der Waals surface area (Å²) in [6.07, 6.45) is 0. The average Bonchev–Trinajstić information content (AvgIpc) is 2.81. The molecule has 0 fully saturated rings. The number of nitrogens with zero attached hydrogens (tertiary/aromatic N) is 2. The number of hydrogen-bond donors (Lipinski definition) is 0. The molecule has 0 aliphatic carbocycles. The van der Waals surface area contributed by atoms with E-state index in [4.69, 9.17) is 24.7 Å². The summed E-state index contributed by atoms with van der Waals surface area (Å²) in [5, 5.41) is 17.8. The quantitative estimate of drug-likeness (QED) is 0.439. The number of ether oxygens (including phenoxy) is 3. The Hall–Kier alpha value is -4.62. The number of carbonyl (C=O) groups excluding carboxylic acids is 2. The van der Waals surface area contributed by atoms with Crippen molar-refractivity contribution in [3.8, 4) is 29.4 Å². The van der Waals surface area contributed by atoms with Crippen molar-refractivity contribution in [1.82, 2.24) is 0 Å². The van der Waals surface area contributed by atoms with Crippen LogP contribution in [0.1, 0.15) is 38.8 Å². The molecule has 3 aromatic carbocycles. The van der Waals surface area contributed by atoms with Crippen molar-refractivity contribution in [2.45, 2.75) is 6.92 Å². The lowest BCUT2D eigenvalue weighted by molar-refractivity contribution is 0.0677. The Morgan fingerprint density at radius 2 is 1.23 bits per heavy atom. The number of nitriles is 2. The molecule has 0 saturated carbocycles. The van der Waals surface area contributed by atoms with Gasteiger partial charge in [-0.05, 0) is 67.6 Å². The largest absolute Gasteiger partial charge is 0.490 e. The average molecular weight is 412 g/mol. The molecule has 152 valence electrons. The monoisotopic (exact) mass is 412 g/mol. The Kier molecular flexibility index (Phi) is 6.62. The summed E-state index contributed by atoms with van der Waals surface area (Å²) in [6, 6.07) is 20.5. The van der Waals surface area contributed by atoms with Gasteiger partial charge in [-0.1, -0.05) is 6.07 Å². The van der Waals surface area contributed by atoms with Gasteiger partial charge in [0, 0.05) is 0 Å². The maximum absolute atomic E-state index is 12.6. The van der Waals surface area contributed by atoms with Crippen molar-refractivity contribution >= 4 is 11.9 Å². The van der Waals surface area contributed by atoms with Gasteiger partial charge in [0.15, 0.2) is 11.5 Å². The van der Waals surface area contributed by atoms with Crippen LogP contribution >= 0.6 is 0 Å². The molecule has 31 heavy (non-hydrogen) atoms. The lowest BCUT2D eigenvalue weighted by atomic mass is 10.1. The van der Waals surface area contributed by atoms with Crippen LogP contribution < -0.4 is 14.2 Å². The Balaban J connectivity index is 1.89. The predicted molar refractivity (Wildman–Crippen MR) is 110 cm³/mol. The number of para-hydroxylation sites is 1. The first-order chi connectivity index (χ1) is 15.0. The van der Waals surface area contributed by atoms with Crippen LogP contribution in [0.25, 0.3) is 0 Å². The van der Waals surface area contributed by atoms with Gasteiger partial charge >= 0.3 is 11.9 Å². The molecule has 0 aliphatic rings. The van der Waals surface area contributed by atoms with Crippen molar-refractivity contribution < 1.29 is 23.8 Å². The molecule has 0 spiro atoms. The molecule has 0 saturated heterocycles. The first-order valence-electron chi connectivity index (χ1n) is 9.26. The van der Waals surface area contributed by atoms with Crippen LogP contribution in [0.15, 0.2) is 66.7 Å². The lowest BCUT2D eigenvalue weighted by Crippen LogP contribution is -2.13. The highest BCUT2D eigenvalue weighted by molar-refractivity contribution is 5.93. The van der Waals surface area contributed by atoms with Crippen molar-refractivity contribution in [3.63, 3.8) is 0 Å². The topological polar surface area (TPSA) is 109 Å². The zero-order chi connectivity index (χ0) is 22.2. The fourth-order valence-corrected chi connectivity index (χ4v) is 2.62. The lowest BCUT2D eigenvalue weighted by Gasteiger charge is -2.14. The minimum absolute atomic E-state index is 0.00213. The molecule has 0 unspecified atom stereocenters. The third-order valence-electron chi connectivity index (χ3n) is 4.14. The van der Waals surface area contributed by atoms with E-state index in [1.54, 1.807) is 19.1 Å². The molecule has 0 aromatic heterocycles. The van der Waals surface area contributed by atoms with Crippen molar-refractivity contribution in [1.29, 1.82) is 10.5 Å². The summed E-state index contributed by atoms with van der Waals surface area (Å²) in [5.41, 5.74) is 1.26. The zero-order valence-corrected chi connectivity index (χ0v) is 16.5. The van der Waals surface area contributed by atoms with Gasteiger partial charge in [0.25, 0.3) is 0 Å². The maximum atomic E-state index is 12.6. The highest BCUT2D eigenvalue weighted by Crippen LogP contribution is 2.38. The van der Waals surface area contributed by atoms with E-state index < -0.39 is 11.9 Å². The highest BCUT2D eigenvalue weighted by atomic mass is 16.6. The van der Waals surface area contributed by atoms with E-state index in [1.165, 1.54) is 54.6 Å². The van der Waals surface area contributed by atoms with Crippen molar-refractivity contribution in [2.75, 3.05) is 6.61 Å². The summed E-state index contributed by atoms with van der Waals surface area (Å²) >= 11 is 0. The van der Waals surface area contributed by atoms with Crippen LogP contribution in [0.2, 0.25) is 0 Å². The molecule has 0 aliphatic heterocycles. The molecular weight excluding hydrogens is 396 g/mol. The van der Waals surface area contributed by atoms with Gasteiger partial charge < -0.3 is 14.2 Å². The Morgan fingerprint density at radius 1 is 0.742 bits per heavy atom. The third kappa shape index (κ3) is 5.06. The molecule has 0 atom stereocenters. The van der Waals surface area contributed by atoms with E-state index in [0.29, 0.717) is 17.7 Å². The Labute approximate surface area is 178 Å². The highest BCUT2D eigenvalue weighted by Gasteiger charge is 2.20. The second-order valence-corrected chi connectivity index (χ2v) is 6.17. The fourth-order valence-electron chi connectivity index (χ4n) is 2.62. The molecule has 0 bridgehead atoms. The molecule has 0 radical (unpaired) electrons. The molecule has 7 heteroatoms. The summed E-state index contributed by atoms with van der Waals surface area (Å²) in [7, 11) is 0. The predicted octanol–water partition coefficient (Wildman–Crippen LogP) is 4.27. The fraction of sp³-hybridized carbons (Fsp3) is 0.0833. The summed E-state index contributed by atoms with van der Waals surface area (Å²) < 4.78 is 16.5. The number of carbonyl (C=O) groups is 2. The Bertz CT molecular complexity index is 1190. The number of esters is 2. The molecule has 3 aromatic rings. The van der Waals surface area contributed by atoms with Crippen LogP contribution in [-0.2, 0) is 0 Å².